The highest BCUT2D eigenvalue weighted by molar-refractivity contribution is 9.10. The van der Waals surface area contributed by atoms with Crippen LogP contribution in [0.5, 0.6) is 0 Å². The highest BCUT2D eigenvalue weighted by atomic mass is 79.9. The van der Waals surface area contributed by atoms with E-state index in [0.717, 1.165) is 0 Å². The fraction of sp³-hybridized carbons (Fsp3) is 0. The molecule has 0 atom stereocenters. The van der Waals surface area contributed by atoms with Crippen LogP contribution in [0.15, 0.2) is 52.5 Å². The summed E-state index contributed by atoms with van der Waals surface area (Å²) in [6.07, 6.45) is 1.41. The van der Waals surface area contributed by atoms with Gasteiger partial charge in [-0.3, -0.25) is 4.79 Å². The van der Waals surface area contributed by atoms with Gasteiger partial charge in [-0.05, 0) is 42.0 Å². The first-order valence-electron chi connectivity index (χ1n) is 6.13. The second-order valence-electron chi connectivity index (χ2n) is 4.30. The average molecular weight is 380 g/mol. The third-order valence-electron chi connectivity index (χ3n) is 2.73. The predicted octanol–water partition coefficient (Wildman–Crippen LogP) is 4.79. The Morgan fingerprint density at radius 3 is 2.55 bits per heavy atom. The van der Waals surface area contributed by atoms with Crippen LogP contribution in [0.2, 0.25) is 5.02 Å². The number of anilines is 1. The van der Waals surface area contributed by atoms with E-state index in [1.165, 1.54) is 18.2 Å². The standard InChI is InChI=1S/C16H9BrClFN2O/c17-12-3-6-15(14(19)8-12)21-16(22)11(9-20)7-10-1-4-13(18)5-2-10/h1-8H,(H,21,22). The number of hydrogen-bond donors (Lipinski definition) is 1. The smallest absolute Gasteiger partial charge is 0.266 e. The summed E-state index contributed by atoms with van der Waals surface area (Å²) in [6, 6.07) is 12.7. The van der Waals surface area contributed by atoms with Crippen molar-refractivity contribution in [1.29, 1.82) is 5.26 Å². The number of hydrogen-bond acceptors (Lipinski definition) is 2. The summed E-state index contributed by atoms with van der Waals surface area (Å²) in [5.41, 5.74) is 0.516. The first-order valence-corrected chi connectivity index (χ1v) is 7.30. The molecule has 0 bridgehead atoms. The van der Waals surface area contributed by atoms with E-state index in [0.29, 0.717) is 15.1 Å². The summed E-state index contributed by atoms with van der Waals surface area (Å²) in [5.74, 6) is -1.27. The molecule has 0 aliphatic rings. The van der Waals surface area contributed by atoms with Crippen molar-refractivity contribution in [2.24, 2.45) is 0 Å². The van der Waals surface area contributed by atoms with Crippen molar-refractivity contribution in [1.82, 2.24) is 0 Å². The van der Waals surface area contributed by atoms with Crippen LogP contribution >= 0.6 is 27.5 Å². The quantitative estimate of drug-likeness (QED) is 0.616. The van der Waals surface area contributed by atoms with E-state index in [-0.39, 0.29) is 11.3 Å². The van der Waals surface area contributed by atoms with Crippen molar-refractivity contribution in [2.45, 2.75) is 0 Å². The maximum Gasteiger partial charge on any atom is 0.266 e. The van der Waals surface area contributed by atoms with E-state index < -0.39 is 11.7 Å². The first-order chi connectivity index (χ1) is 10.5. The average Bonchev–Trinajstić information content (AvgIpc) is 2.49. The molecule has 0 aliphatic heterocycles. The molecule has 2 rings (SSSR count). The molecule has 0 saturated heterocycles. The Morgan fingerprint density at radius 2 is 1.95 bits per heavy atom. The number of carbonyl (C=O) groups is 1. The van der Waals surface area contributed by atoms with Gasteiger partial charge < -0.3 is 5.32 Å². The van der Waals surface area contributed by atoms with E-state index in [2.05, 4.69) is 21.2 Å². The van der Waals surface area contributed by atoms with Gasteiger partial charge in [-0.2, -0.15) is 5.26 Å². The minimum Gasteiger partial charge on any atom is -0.319 e. The molecule has 110 valence electrons. The number of halogens is 3. The van der Waals surface area contributed by atoms with Crippen LogP contribution in [-0.2, 0) is 4.79 Å². The van der Waals surface area contributed by atoms with E-state index in [1.54, 1.807) is 36.4 Å². The Kier molecular flexibility index (Phi) is 5.31. The third kappa shape index (κ3) is 4.17. The van der Waals surface area contributed by atoms with Crippen molar-refractivity contribution in [3.8, 4) is 6.07 Å². The van der Waals surface area contributed by atoms with Gasteiger partial charge in [0.15, 0.2) is 0 Å². The lowest BCUT2D eigenvalue weighted by molar-refractivity contribution is -0.112. The summed E-state index contributed by atoms with van der Waals surface area (Å²) in [7, 11) is 0. The maximum atomic E-state index is 13.7. The summed E-state index contributed by atoms with van der Waals surface area (Å²) in [4.78, 5) is 12.0. The number of nitriles is 1. The summed E-state index contributed by atoms with van der Waals surface area (Å²) in [6.45, 7) is 0. The summed E-state index contributed by atoms with van der Waals surface area (Å²) < 4.78 is 14.2. The zero-order valence-corrected chi connectivity index (χ0v) is 13.5. The molecule has 0 unspecified atom stereocenters. The number of nitrogens with zero attached hydrogens (tertiary/aromatic N) is 1. The molecule has 0 aromatic heterocycles. The van der Waals surface area contributed by atoms with Crippen LogP contribution in [0.25, 0.3) is 6.08 Å². The van der Waals surface area contributed by atoms with E-state index in [4.69, 9.17) is 16.9 Å². The van der Waals surface area contributed by atoms with Crippen LogP contribution in [0.1, 0.15) is 5.56 Å². The Morgan fingerprint density at radius 1 is 1.27 bits per heavy atom. The zero-order chi connectivity index (χ0) is 16.1. The van der Waals surface area contributed by atoms with Gasteiger partial charge in [-0.1, -0.05) is 39.7 Å². The molecule has 2 aromatic carbocycles. The van der Waals surface area contributed by atoms with Crippen molar-refractivity contribution >= 4 is 45.2 Å². The monoisotopic (exact) mass is 378 g/mol. The molecule has 0 fully saturated rings. The fourth-order valence-corrected chi connectivity index (χ4v) is 2.11. The van der Waals surface area contributed by atoms with Gasteiger partial charge in [0.2, 0.25) is 0 Å². The lowest BCUT2D eigenvalue weighted by atomic mass is 10.1. The number of nitrogens with one attached hydrogen (secondary N) is 1. The minimum absolute atomic E-state index is 0.00505. The maximum absolute atomic E-state index is 13.7. The molecule has 0 spiro atoms. The second kappa shape index (κ2) is 7.21. The molecule has 0 aliphatic carbocycles. The molecular formula is C16H9BrClFN2O. The largest absolute Gasteiger partial charge is 0.319 e. The SMILES string of the molecule is N#CC(=Cc1ccc(Cl)cc1)C(=O)Nc1ccc(Br)cc1F. The van der Waals surface area contributed by atoms with Gasteiger partial charge in [0.05, 0.1) is 5.69 Å². The molecule has 6 heteroatoms. The van der Waals surface area contributed by atoms with Gasteiger partial charge in [0, 0.05) is 9.50 Å². The normalized spacial score (nSPS) is 10.9. The van der Waals surface area contributed by atoms with Crippen LogP contribution in [-0.4, -0.2) is 5.91 Å². The van der Waals surface area contributed by atoms with Gasteiger partial charge in [-0.15, -0.1) is 0 Å². The van der Waals surface area contributed by atoms with E-state index >= 15 is 0 Å². The third-order valence-corrected chi connectivity index (χ3v) is 3.47. The topological polar surface area (TPSA) is 52.9 Å². The fourth-order valence-electron chi connectivity index (χ4n) is 1.65. The molecule has 1 amide bonds. The van der Waals surface area contributed by atoms with Gasteiger partial charge in [-0.25, -0.2) is 4.39 Å². The van der Waals surface area contributed by atoms with Gasteiger partial charge >= 0.3 is 0 Å². The first kappa shape index (κ1) is 16.2. The van der Waals surface area contributed by atoms with Crippen molar-refractivity contribution in [2.75, 3.05) is 5.32 Å². The van der Waals surface area contributed by atoms with Gasteiger partial charge in [0.25, 0.3) is 5.91 Å². The van der Waals surface area contributed by atoms with Crippen molar-refractivity contribution in [3.63, 3.8) is 0 Å². The van der Waals surface area contributed by atoms with Crippen LogP contribution in [0.3, 0.4) is 0 Å². The highest BCUT2D eigenvalue weighted by Gasteiger charge is 2.12. The minimum atomic E-state index is -0.682. The number of amides is 1. The molecule has 0 saturated carbocycles. The molecular weight excluding hydrogens is 371 g/mol. The number of benzene rings is 2. The van der Waals surface area contributed by atoms with Crippen molar-refractivity contribution < 1.29 is 9.18 Å². The van der Waals surface area contributed by atoms with E-state index in [1.807, 2.05) is 0 Å². The number of carbonyl (C=O) groups excluding carboxylic acids is 1. The zero-order valence-electron chi connectivity index (χ0n) is 11.1. The molecule has 1 N–H and O–H groups in total. The molecule has 2 aromatic rings. The van der Waals surface area contributed by atoms with E-state index in [9.17, 15) is 9.18 Å². The van der Waals surface area contributed by atoms with Crippen LogP contribution < -0.4 is 5.32 Å². The number of rotatable bonds is 3. The lowest BCUT2D eigenvalue weighted by Gasteiger charge is -2.06. The van der Waals surface area contributed by atoms with Gasteiger partial charge in [0.1, 0.15) is 17.5 Å². The molecule has 0 radical (unpaired) electrons. The lowest BCUT2D eigenvalue weighted by Crippen LogP contribution is -2.14. The molecule has 0 heterocycles. The Hall–Kier alpha value is -2.16. The summed E-state index contributed by atoms with van der Waals surface area (Å²) >= 11 is 8.90. The highest BCUT2D eigenvalue weighted by Crippen LogP contribution is 2.20. The Bertz CT molecular complexity index is 782. The molecule has 3 nitrogen and oxygen atoms in total. The Labute approximate surface area is 140 Å². The van der Waals surface area contributed by atoms with Crippen LogP contribution in [0.4, 0.5) is 10.1 Å². The predicted molar refractivity (Wildman–Crippen MR) is 87.8 cm³/mol. The summed E-state index contributed by atoms with van der Waals surface area (Å²) in [5, 5.41) is 12.0. The Balaban J connectivity index is 2.22. The van der Waals surface area contributed by atoms with Crippen molar-refractivity contribution in [3.05, 3.63) is 68.9 Å². The molecule has 22 heavy (non-hydrogen) atoms. The second-order valence-corrected chi connectivity index (χ2v) is 5.65. The van der Waals surface area contributed by atoms with Crippen LogP contribution in [0, 0.1) is 17.1 Å².